The van der Waals surface area contributed by atoms with Crippen molar-refractivity contribution in [2.45, 2.75) is 31.7 Å². The van der Waals surface area contributed by atoms with E-state index in [0.717, 1.165) is 33.6 Å². The summed E-state index contributed by atoms with van der Waals surface area (Å²) in [5.41, 5.74) is 4.57. The predicted octanol–water partition coefficient (Wildman–Crippen LogP) is 4.83. The summed E-state index contributed by atoms with van der Waals surface area (Å²) in [6, 6.07) is 16.1. The van der Waals surface area contributed by atoms with E-state index in [9.17, 15) is 19.5 Å². The lowest BCUT2D eigenvalue weighted by Gasteiger charge is -2.35. The van der Waals surface area contributed by atoms with Crippen molar-refractivity contribution in [3.8, 4) is 11.1 Å². The van der Waals surface area contributed by atoms with Crippen LogP contribution in [0.3, 0.4) is 0 Å². The molecule has 5 rings (SSSR count). The maximum absolute atomic E-state index is 12.9. The summed E-state index contributed by atoms with van der Waals surface area (Å²) < 4.78 is 5.55. The van der Waals surface area contributed by atoms with Crippen molar-refractivity contribution >= 4 is 34.4 Å². The lowest BCUT2D eigenvalue weighted by Crippen LogP contribution is -2.45. The molecule has 2 N–H and O–H groups in total. The summed E-state index contributed by atoms with van der Waals surface area (Å²) in [6.45, 7) is 2.42. The summed E-state index contributed by atoms with van der Waals surface area (Å²) in [4.78, 5) is 42.9. The van der Waals surface area contributed by atoms with Gasteiger partial charge in [0.25, 0.3) is 5.91 Å². The van der Waals surface area contributed by atoms with Gasteiger partial charge in [0.2, 0.25) is 0 Å². The van der Waals surface area contributed by atoms with Gasteiger partial charge in [-0.1, -0.05) is 59.9 Å². The molecule has 8 nitrogen and oxygen atoms in total. The van der Waals surface area contributed by atoms with Gasteiger partial charge >= 0.3 is 12.1 Å². The minimum Gasteiger partial charge on any atom is -0.481 e. The van der Waals surface area contributed by atoms with Crippen LogP contribution >= 0.6 is 11.3 Å². The quantitative estimate of drug-likeness (QED) is 0.529. The fourth-order valence-electron chi connectivity index (χ4n) is 4.99. The van der Waals surface area contributed by atoms with Crippen LogP contribution in [0.5, 0.6) is 0 Å². The number of rotatable bonds is 5. The second kappa shape index (κ2) is 9.50. The Balaban J connectivity index is 1.20. The molecular formula is C26H25N3O5S. The Kier molecular flexibility index (Phi) is 6.25. The van der Waals surface area contributed by atoms with Crippen molar-refractivity contribution in [3.63, 3.8) is 0 Å². The summed E-state index contributed by atoms with van der Waals surface area (Å²) in [5.74, 6) is -1.51. The topological polar surface area (TPSA) is 109 Å². The molecule has 2 amide bonds. The van der Waals surface area contributed by atoms with Crippen LogP contribution in [0.25, 0.3) is 11.1 Å². The smallest absolute Gasteiger partial charge is 0.413 e. The highest BCUT2D eigenvalue weighted by molar-refractivity contribution is 7.17. The molecule has 0 unspecified atom stereocenters. The molecule has 2 aromatic carbocycles. The molecule has 0 saturated carbocycles. The summed E-state index contributed by atoms with van der Waals surface area (Å²) >= 11 is 1.08. The SMILES string of the molecule is C[C@@H]1C[C@H](C(=O)O)CCN1C(=O)c1cnc(NC(=O)OCC2c3ccccc3-c3ccccc32)s1. The van der Waals surface area contributed by atoms with Gasteiger partial charge in [-0.25, -0.2) is 9.78 Å². The lowest BCUT2D eigenvalue weighted by atomic mass is 9.91. The van der Waals surface area contributed by atoms with Gasteiger partial charge in [-0.3, -0.25) is 14.9 Å². The first kappa shape index (κ1) is 23.0. The minimum absolute atomic E-state index is 0.0446. The highest BCUT2D eigenvalue weighted by atomic mass is 32.1. The van der Waals surface area contributed by atoms with E-state index in [0.29, 0.717) is 24.3 Å². The van der Waals surface area contributed by atoms with Crippen LogP contribution in [0.15, 0.2) is 54.7 Å². The van der Waals surface area contributed by atoms with E-state index in [4.69, 9.17) is 4.74 Å². The van der Waals surface area contributed by atoms with Crippen LogP contribution in [0, 0.1) is 5.92 Å². The zero-order valence-corrected chi connectivity index (χ0v) is 20.0. The van der Waals surface area contributed by atoms with Crippen molar-refractivity contribution in [1.29, 1.82) is 0 Å². The fourth-order valence-corrected chi connectivity index (χ4v) is 5.75. The molecular weight excluding hydrogens is 466 g/mol. The van der Waals surface area contributed by atoms with Gasteiger partial charge in [-0.2, -0.15) is 0 Å². The molecule has 1 saturated heterocycles. The number of anilines is 1. The average Bonchev–Trinajstić information content (AvgIpc) is 3.45. The Morgan fingerprint density at radius 3 is 2.40 bits per heavy atom. The first-order valence-corrected chi connectivity index (χ1v) is 12.4. The Hall–Kier alpha value is -3.72. The van der Waals surface area contributed by atoms with Crippen LogP contribution < -0.4 is 5.32 Å². The number of amides is 2. The number of piperidine rings is 1. The minimum atomic E-state index is -0.823. The third kappa shape index (κ3) is 4.51. The molecule has 1 aliphatic heterocycles. The number of carbonyl (C=O) groups excluding carboxylic acids is 2. The third-order valence-corrected chi connectivity index (χ3v) is 7.66. The van der Waals surface area contributed by atoms with E-state index < -0.39 is 18.0 Å². The van der Waals surface area contributed by atoms with E-state index in [1.807, 2.05) is 31.2 Å². The summed E-state index contributed by atoms with van der Waals surface area (Å²) in [7, 11) is 0. The maximum atomic E-state index is 12.9. The third-order valence-electron chi connectivity index (χ3n) is 6.76. The zero-order chi connectivity index (χ0) is 24.5. The van der Waals surface area contributed by atoms with Crippen molar-refractivity contribution in [3.05, 3.63) is 70.7 Å². The first-order valence-electron chi connectivity index (χ1n) is 11.5. The molecule has 2 aliphatic rings. The van der Waals surface area contributed by atoms with Crippen LogP contribution in [0.1, 0.15) is 46.5 Å². The molecule has 0 bridgehead atoms. The number of ether oxygens (including phenoxy) is 1. The molecule has 1 aliphatic carbocycles. The summed E-state index contributed by atoms with van der Waals surface area (Å²) in [6.07, 6.45) is 1.65. The number of aliphatic carboxylic acids is 1. The molecule has 3 aromatic rings. The van der Waals surface area contributed by atoms with E-state index in [1.54, 1.807) is 4.90 Å². The molecule has 180 valence electrons. The average molecular weight is 492 g/mol. The Labute approximate surface area is 206 Å². The van der Waals surface area contributed by atoms with Gasteiger partial charge in [-0.15, -0.1) is 0 Å². The zero-order valence-electron chi connectivity index (χ0n) is 19.1. The Bertz CT molecular complexity index is 1240. The number of nitrogens with one attached hydrogen (secondary N) is 1. The van der Waals surface area contributed by atoms with Gasteiger partial charge in [0, 0.05) is 18.5 Å². The number of carbonyl (C=O) groups is 3. The number of hydrogen-bond donors (Lipinski definition) is 2. The van der Waals surface area contributed by atoms with Crippen LogP contribution in [0.4, 0.5) is 9.93 Å². The largest absolute Gasteiger partial charge is 0.481 e. The van der Waals surface area contributed by atoms with Crippen molar-refractivity contribution in [1.82, 2.24) is 9.88 Å². The second-order valence-electron chi connectivity index (χ2n) is 8.89. The highest BCUT2D eigenvalue weighted by Gasteiger charge is 2.33. The van der Waals surface area contributed by atoms with E-state index in [-0.39, 0.29) is 29.6 Å². The van der Waals surface area contributed by atoms with E-state index in [1.165, 1.54) is 6.20 Å². The van der Waals surface area contributed by atoms with Crippen molar-refractivity contribution in [2.24, 2.45) is 5.92 Å². The van der Waals surface area contributed by atoms with Crippen LogP contribution in [0.2, 0.25) is 0 Å². The number of aromatic nitrogens is 1. The Morgan fingerprint density at radius 1 is 1.11 bits per heavy atom. The molecule has 0 radical (unpaired) electrons. The summed E-state index contributed by atoms with van der Waals surface area (Å²) in [5, 5.41) is 12.1. The standard InChI is InChI=1S/C26H25N3O5S/c1-15-12-16(24(31)32)10-11-29(15)23(30)22-13-27-25(35-22)28-26(33)34-14-21-19-8-4-2-6-17(19)18-7-3-5-9-20(18)21/h2-9,13,15-16,21H,10-12,14H2,1H3,(H,31,32)(H,27,28,33)/t15-,16-/m1/s1. The molecule has 35 heavy (non-hydrogen) atoms. The number of fused-ring (bicyclic) bond motifs is 3. The number of benzene rings is 2. The van der Waals surface area contributed by atoms with E-state index >= 15 is 0 Å². The molecule has 1 aromatic heterocycles. The predicted molar refractivity (Wildman–Crippen MR) is 132 cm³/mol. The van der Waals surface area contributed by atoms with Gasteiger partial charge in [-0.05, 0) is 42.0 Å². The molecule has 2 atom stereocenters. The lowest BCUT2D eigenvalue weighted by molar-refractivity contribution is -0.143. The monoisotopic (exact) mass is 491 g/mol. The number of thiazole rings is 1. The van der Waals surface area contributed by atoms with Crippen LogP contribution in [-0.4, -0.2) is 52.2 Å². The van der Waals surface area contributed by atoms with Gasteiger partial charge in [0.05, 0.1) is 12.1 Å². The number of likely N-dealkylation sites (tertiary alicyclic amines) is 1. The normalized spacial score (nSPS) is 19.1. The van der Waals surface area contributed by atoms with E-state index in [2.05, 4.69) is 34.6 Å². The van der Waals surface area contributed by atoms with Crippen molar-refractivity contribution in [2.75, 3.05) is 18.5 Å². The number of carboxylic acids is 1. The Morgan fingerprint density at radius 2 is 1.77 bits per heavy atom. The van der Waals surface area contributed by atoms with Gasteiger partial charge in [0.1, 0.15) is 11.5 Å². The molecule has 9 heteroatoms. The number of nitrogens with zero attached hydrogens (tertiary/aromatic N) is 2. The van der Waals surface area contributed by atoms with Gasteiger partial charge < -0.3 is 14.7 Å². The number of hydrogen-bond acceptors (Lipinski definition) is 6. The fraction of sp³-hybridized carbons (Fsp3) is 0.308. The number of carboxylic acid groups (broad SMARTS) is 1. The first-order chi connectivity index (χ1) is 16.9. The maximum Gasteiger partial charge on any atom is 0.413 e. The molecule has 1 fully saturated rings. The van der Waals surface area contributed by atoms with Crippen LogP contribution in [-0.2, 0) is 9.53 Å². The van der Waals surface area contributed by atoms with Gasteiger partial charge in [0.15, 0.2) is 5.13 Å². The molecule has 0 spiro atoms. The molecule has 2 heterocycles. The second-order valence-corrected chi connectivity index (χ2v) is 9.92. The van der Waals surface area contributed by atoms with Crippen molar-refractivity contribution < 1.29 is 24.2 Å². The highest BCUT2D eigenvalue weighted by Crippen LogP contribution is 2.44.